The molecule has 3 rings (SSSR count). The van der Waals surface area contributed by atoms with Gasteiger partial charge in [0.1, 0.15) is 16.3 Å². The van der Waals surface area contributed by atoms with Gasteiger partial charge in [0.15, 0.2) is 0 Å². The van der Waals surface area contributed by atoms with E-state index in [2.05, 4.69) is 4.98 Å². The zero-order valence-electron chi connectivity index (χ0n) is 12.4. The predicted molar refractivity (Wildman–Crippen MR) is 89.1 cm³/mol. The van der Waals surface area contributed by atoms with Crippen molar-refractivity contribution in [3.8, 4) is 0 Å². The number of nitrogens with two attached hydrogens (primary N) is 1. The monoisotopic (exact) mass is 312 g/mol. The van der Waals surface area contributed by atoms with Crippen LogP contribution in [0.5, 0.6) is 0 Å². The Hall–Kier alpha value is -2.40. The molecule has 4 nitrogen and oxygen atoms in total. The van der Waals surface area contributed by atoms with Gasteiger partial charge in [-0.25, -0.2) is 9.78 Å². The number of pyridine rings is 1. The predicted octanol–water partition coefficient (Wildman–Crippen LogP) is 3.85. The maximum atomic E-state index is 12.3. The molecule has 2 N–H and O–H groups in total. The number of carbonyl (C=O) groups is 1. The van der Waals surface area contributed by atoms with E-state index >= 15 is 0 Å². The van der Waals surface area contributed by atoms with E-state index in [-0.39, 0.29) is 6.61 Å². The molecule has 0 spiro atoms. The lowest BCUT2D eigenvalue weighted by Gasteiger charge is -2.04. The van der Waals surface area contributed by atoms with Crippen LogP contribution in [0, 0.1) is 13.8 Å². The molecule has 0 aliphatic heterocycles. The number of anilines is 1. The van der Waals surface area contributed by atoms with Crippen molar-refractivity contribution in [2.75, 3.05) is 5.73 Å². The van der Waals surface area contributed by atoms with Crippen LogP contribution in [0.3, 0.4) is 0 Å². The van der Waals surface area contributed by atoms with E-state index in [1.54, 1.807) is 0 Å². The van der Waals surface area contributed by atoms with E-state index in [0.29, 0.717) is 10.6 Å². The normalized spacial score (nSPS) is 10.8. The minimum atomic E-state index is -0.401. The molecule has 2 aromatic heterocycles. The highest BCUT2D eigenvalue weighted by molar-refractivity contribution is 7.21. The van der Waals surface area contributed by atoms with Gasteiger partial charge in [-0.2, -0.15) is 0 Å². The quantitative estimate of drug-likeness (QED) is 0.746. The summed E-state index contributed by atoms with van der Waals surface area (Å²) in [5, 5.41) is 0.849. The molecule has 0 amide bonds. The number of aryl methyl sites for hydroxylation is 2. The summed E-state index contributed by atoms with van der Waals surface area (Å²) >= 11 is 1.28. The molecule has 0 radical (unpaired) electrons. The van der Waals surface area contributed by atoms with Crippen LogP contribution in [0.4, 0.5) is 5.69 Å². The van der Waals surface area contributed by atoms with E-state index in [9.17, 15) is 4.79 Å². The van der Waals surface area contributed by atoms with Gasteiger partial charge < -0.3 is 10.5 Å². The third kappa shape index (κ3) is 2.67. The molecule has 0 aliphatic rings. The molecule has 112 valence electrons. The number of nitrogen functional groups attached to an aromatic ring is 1. The largest absolute Gasteiger partial charge is 0.457 e. The summed E-state index contributed by atoms with van der Waals surface area (Å²) in [7, 11) is 0. The molecule has 0 bridgehead atoms. The third-order valence-electron chi connectivity index (χ3n) is 3.42. The summed E-state index contributed by atoms with van der Waals surface area (Å²) in [6.45, 7) is 4.13. The Labute approximate surface area is 132 Å². The lowest BCUT2D eigenvalue weighted by Crippen LogP contribution is -2.05. The van der Waals surface area contributed by atoms with Crippen LogP contribution < -0.4 is 5.73 Å². The van der Waals surface area contributed by atoms with Crippen molar-refractivity contribution >= 4 is 33.2 Å². The maximum absolute atomic E-state index is 12.3. The highest BCUT2D eigenvalue weighted by Crippen LogP contribution is 2.35. The topological polar surface area (TPSA) is 65.2 Å². The average molecular weight is 312 g/mol. The number of carbonyl (C=O) groups excluding carboxylic acids is 1. The van der Waals surface area contributed by atoms with Crippen molar-refractivity contribution < 1.29 is 9.53 Å². The van der Waals surface area contributed by atoms with Crippen LogP contribution in [0.1, 0.15) is 26.5 Å². The number of hydrogen-bond acceptors (Lipinski definition) is 5. The van der Waals surface area contributed by atoms with Crippen molar-refractivity contribution in [2.24, 2.45) is 0 Å². The van der Waals surface area contributed by atoms with Crippen molar-refractivity contribution in [3.05, 3.63) is 58.1 Å². The molecule has 3 aromatic rings. The van der Waals surface area contributed by atoms with Crippen LogP contribution in [-0.4, -0.2) is 11.0 Å². The number of rotatable bonds is 3. The Balaban J connectivity index is 1.88. The van der Waals surface area contributed by atoms with Gasteiger partial charge in [-0.05, 0) is 31.0 Å². The van der Waals surface area contributed by atoms with Crippen LogP contribution in [0.2, 0.25) is 0 Å². The van der Waals surface area contributed by atoms with Gasteiger partial charge in [0.05, 0.1) is 5.69 Å². The van der Waals surface area contributed by atoms with Crippen LogP contribution >= 0.6 is 11.3 Å². The fraction of sp³-hybridized carbons (Fsp3) is 0.176. The molecule has 0 saturated heterocycles. The first-order valence-electron chi connectivity index (χ1n) is 6.93. The Bertz CT molecular complexity index is 841. The van der Waals surface area contributed by atoms with Gasteiger partial charge in [0, 0.05) is 11.1 Å². The highest BCUT2D eigenvalue weighted by atomic mass is 32.1. The van der Waals surface area contributed by atoms with Gasteiger partial charge in [0.2, 0.25) is 0 Å². The molecule has 0 saturated carbocycles. The average Bonchev–Trinajstić information content (AvgIpc) is 2.83. The second-order valence-corrected chi connectivity index (χ2v) is 6.17. The number of thiophene rings is 1. The molecule has 5 heteroatoms. The molecular weight excluding hydrogens is 296 g/mol. The lowest BCUT2D eigenvalue weighted by molar-refractivity contribution is 0.0480. The fourth-order valence-electron chi connectivity index (χ4n) is 2.41. The first-order chi connectivity index (χ1) is 10.6. The SMILES string of the molecule is Cc1cc(C)c2c(N)c(C(=O)OCc3ccccc3)sc2n1. The summed E-state index contributed by atoms with van der Waals surface area (Å²) in [5.74, 6) is -0.401. The first-order valence-corrected chi connectivity index (χ1v) is 7.75. The van der Waals surface area contributed by atoms with E-state index in [4.69, 9.17) is 10.5 Å². The van der Waals surface area contributed by atoms with Crippen molar-refractivity contribution in [2.45, 2.75) is 20.5 Å². The Morgan fingerprint density at radius 2 is 2.00 bits per heavy atom. The van der Waals surface area contributed by atoms with Crippen LogP contribution in [0.25, 0.3) is 10.2 Å². The minimum absolute atomic E-state index is 0.235. The Morgan fingerprint density at radius 3 is 2.73 bits per heavy atom. The summed E-state index contributed by atoms with van der Waals surface area (Å²) < 4.78 is 5.36. The highest BCUT2D eigenvalue weighted by Gasteiger charge is 2.20. The zero-order valence-corrected chi connectivity index (χ0v) is 13.2. The van der Waals surface area contributed by atoms with E-state index in [1.807, 2.05) is 50.2 Å². The molecule has 2 heterocycles. The first kappa shape index (κ1) is 14.5. The Kier molecular flexibility index (Phi) is 3.81. The fourth-order valence-corrected chi connectivity index (χ4v) is 3.52. The number of hydrogen-bond donors (Lipinski definition) is 1. The smallest absolute Gasteiger partial charge is 0.350 e. The Morgan fingerprint density at radius 1 is 1.27 bits per heavy atom. The van der Waals surface area contributed by atoms with Crippen molar-refractivity contribution in [1.29, 1.82) is 0 Å². The number of ether oxygens (including phenoxy) is 1. The molecular formula is C17H16N2O2S. The summed E-state index contributed by atoms with van der Waals surface area (Å²) in [5.41, 5.74) is 9.47. The number of aromatic nitrogens is 1. The second-order valence-electron chi connectivity index (χ2n) is 5.17. The zero-order chi connectivity index (χ0) is 15.7. The van der Waals surface area contributed by atoms with Gasteiger partial charge >= 0.3 is 5.97 Å². The molecule has 0 aliphatic carbocycles. The van der Waals surface area contributed by atoms with Crippen LogP contribution in [-0.2, 0) is 11.3 Å². The standard InChI is InChI=1S/C17H16N2O2S/c1-10-8-11(2)19-16-13(10)14(18)15(22-16)17(20)21-9-12-6-4-3-5-7-12/h3-8H,9,18H2,1-2H3. The van der Waals surface area contributed by atoms with E-state index in [0.717, 1.165) is 27.0 Å². The molecule has 0 unspecified atom stereocenters. The summed E-state index contributed by atoms with van der Waals surface area (Å²) in [4.78, 5) is 17.9. The van der Waals surface area contributed by atoms with E-state index in [1.165, 1.54) is 11.3 Å². The van der Waals surface area contributed by atoms with Gasteiger partial charge in [-0.3, -0.25) is 0 Å². The second kappa shape index (κ2) is 5.77. The maximum Gasteiger partial charge on any atom is 0.350 e. The van der Waals surface area contributed by atoms with Gasteiger partial charge in [-0.1, -0.05) is 30.3 Å². The van der Waals surface area contributed by atoms with Crippen LogP contribution in [0.15, 0.2) is 36.4 Å². The summed E-state index contributed by atoms with van der Waals surface area (Å²) in [6.07, 6.45) is 0. The third-order valence-corrected chi connectivity index (χ3v) is 4.50. The number of fused-ring (bicyclic) bond motifs is 1. The molecule has 22 heavy (non-hydrogen) atoms. The number of benzene rings is 1. The van der Waals surface area contributed by atoms with Crippen molar-refractivity contribution in [3.63, 3.8) is 0 Å². The lowest BCUT2D eigenvalue weighted by atomic mass is 10.1. The molecule has 0 fully saturated rings. The molecule has 1 aromatic carbocycles. The van der Waals surface area contributed by atoms with Gasteiger partial charge in [-0.15, -0.1) is 11.3 Å². The van der Waals surface area contributed by atoms with E-state index < -0.39 is 5.97 Å². The van der Waals surface area contributed by atoms with Gasteiger partial charge in [0.25, 0.3) is 0 Å². The van der Waals surface area contributed by atoms with Crippen molar-refractivity contribution in [1.82, 2.24) is 4.98 Å². The molecule has 0 atom stereocenters. The summed E-state index contributed by atoms with van der Waals surface area (Å²) in [6, 6.07) is 11.5. The number of nitrogens with zero attached hydrogens (tertiary/aromatic N) is 1. The minimum Gasteiger partial charge on any atom is -0.457 e. The number of esters is 1.